The van der Waals surface area contributed by atoms with Crippen LogP contribution in [0.2, 0.25) is 0 Å². The lowest BCUT2D eigenvalue weighted by molar-refractivity contribution is -0.126. The number of nitrogens with two attached hydrogens (primary N) is 1. The monoisotopic (exact) mass is 291 g/mol. The largest absolute Gasteiger partial charge is 0.364 e. The minimum atomic E-state index is -0.427. The number of amides is 2. The van der Waals surface area contributed by atoms with Gasteiger partial charge in [0.15, 0.2) is 0 Å². The topological polar surface area (TPSA) is 93.5 Å². The molecule has 0 spiro atoms. The second kappa shape index (κ2) is 7.19. The fourth-order valence-electron chi connectivity index (χ4n) is 2.27. The Morgan fingerprint density at radius 2 is 2.00 bits per heavy atom. The highest BCUT2D eigenvalue weighted by Crippen LogP contribution is 2.20. The number of hydrogen-bond donors (Lipinski definition) is 3. The van der Waals surface area contributed by atoms with E-state index in [-0.39, 0.29) is 17.9 Å². The predicted molar refractivity (Wildman–Crippen MR) is 79.8 cm³/mol. The van der Waals surface area contributed by atoms with E-state index in [1.165, 1.54) is 0 Å². The molecule has 1 saturated heterocycles. The molecule has 2 amide bonds. The van der Waals surface area contributed by atoms with E-state index in [1.807, 2.05) is 12.1 Å². The summed E-state index contributed by atoms with van der Waals surface area (Å²) in [4.78, 5) is 23.3. The molecule has 6 nitrogen and oxygen atoms in total. The van der Waals surface area contributed by atoms with Crippen LogP contribution >= 0.6 is 0 Å². The number of benzene rings is 1. The lowest BCUT2D eigenvalue weighted by Gasteiger charge is -2.13. The average Bonchev–Trinajstić information content (AvgIpc) is 2.98. The Kier molecular flexibility index (Phi) is 5.30. The van der Waals surface area contributed by atoms with Gasteiger partial charge in [-0.15, -0.1) is 0 Å². The molecule has 0 aliphatic carbocycles. The van der Waals surface area contributed by atoms with Crippen LogP contribution in [0.25, 0.3) is 0 Å². The van der Waals surface area contributed by atoms with Crippen LogP contribution in [0, 0.1) is 0 Å². The first-order valence-corrected chi connectivity index (χ1v) is 7.08. The molecule has 1 aliphatic heterocycles. The van der Waals surface area contributed by atoms with Crippen LogP contribution in [0.3, 0.4) is 0 Å². The van der Waals surface area contributed by atoms with Crippen molar-refractivity contribution in [1.29, 1.82) is 0 Å². The first-order chi connectivity index (χ1) is 10.1. The van der Waals surface area contributed by atoms with Crippen molar-refractivity contribution in [2.75, 3.05) is 18.9 Å². The van der Waals surface area contributed by atoms with Crippen molar-refractivity contribution in [3.8, 4) is 0 Å². The molecule has 114 valence electrons. The van der Waals surface area contributed by atoms with E-state index < -0.39 is 6.10 Å². The molecule has 4 N–H and O–H groups in total. The molecule has 6 heteroatoms. The average molecular weight is 291 g/mol. The number of carbonyl (C=O) groups is 2. The molecule has 1 fully saturated rings. The number of hydrogen-bond acceptors (Lipinski definition) is 4. The fraction of sp³-hybridized carbons (Fsp3) is 0.467. The molecular formula is C15H21N3O3. The molecule has 21 heavy (non-hydrogen) atoms. The summed E-state index contributed by atoms with van der Waals surface area (Å²) < 4.78 is 5.55. The molecule has 0 saturated carbocycles. The number of likely N-dealkylation sites (N-methyl/N-ethyl adjacent to an activating group) is 1. The first-order valence-electron chi connectivity index (χ1n) is 7.08. The van der Waals surface area contributed by atoms with Gasteiger partial charge in [0.2, 0.25) is 5.91 Å². The summed E-state index contributed by atoms with van der Waals surface area (Å²) in [6.45, 7) is 0.442. The van der Waals surface area contributed by atoms with E-state index >= 15 is 0 Å². The van der Waals surface area contributed by atoms with E-state index in [0.717, 1.165) is 12.0 Å². The van der Waals surface area contributed by atoms with Crippen LogP contribution in [0.5, 0.6) is 0 Å². The molecule has 2 unspecified atom stereocenters. The van der Waals surface area contributed by atoms with E-state index in [4.69, 9.17) is 10.5 Å². The van der Waals surface area contributed by atoms with E-state index in [0.29, 0.717) is 25.1 Å². The van der Waals surface area contributed by atoms with Gasteiger partial charge in [-0.3, -0.25) is 9.59 Å². The van der Waals surface area contributed by atoms with Crippen LogP contribution in [-0.4, -0.2) is 37.6 Å². The van der Waals surface area contributed by atoms with Crippen molar-refractivity contribution >= 4 is 17.5 Å². The Morgan fingerprint density at radius 3 is 2.57 bits per heavy atom. The van der Waals surface area contributed by atoms with Gasteiger partial charge in [-0.25, -0.2) is 0 Å². The number of nitrogens with one attached hydrogen (secondary N) is 2. The zero-order valence-electron chi connectivity index (χ0n) is 12.1. The molecule has 0 aromatic heterocycles. The smallest absolute Gasteiger partial charge is 0.253 e. The predicted octanol–water partition coefficient (Wildman–Crippen LogP) is 0.420. The molecule has 1 aromatic carbocycles. The van der Waals surface area contributed by atoms with Crippen LogP contribution < -0.4 is 16.4 Å². The number of ether oxygens (including phenoxy) is 1. The minimum Gasteiger partial charge on any atom is -0.364 e. The van der Waals surface area contributed by atoms with Crippen molar-refractivity contribution in [3.63, 3.8) is 0 Å². The molecular weight excluding hydrogens is 270 g/mol. The normalized spacial score (nSPS) is 21.0. The number of anilines is 1. The Balaban J connectivity index is 1.88. The summed E-state index contributed by atoms with van der Waals surface area (Å²) in [5, 5.41) is 5.39. The van der Waals surface area contributed by atoms with Gasteiger partial charge >= 0.3 is 0 Å². The maximum atomic E-state index is 12.0. The summed E-state index contributed by atoms with van der Waals surface area (Å²) in [5.74, 6) is -0.191. The maximum Gasteiger partial charge on any atom is 0.253 e. The molecule has 1 aromatic rings. The first kappa shape index (κ1) is 15.5. The summed E-state index contributed by atoms with van der Waals surface area (Å²) in [6, 6.07) is 7.21. The van der Waals surface area contributed by atoms with Crippen LogP contribution in [0.4, 0.5) is 5.69 Å². The third kappa shape index (κ3) is 4.27. The number of carbonyl (C=O) groups excluding carboxylic acids is 2. The van der Waals surface area contributed by atoms with Gasteiger partial charge in [0.05, 0.1) is 12.5 Å². The Morgan fingerprint density at radius 1 is 1.29 bits per heavy atom. The van der Waals surface area contributed by atoms with Gasteiger partial charge < -0.3 is 21.1 Å². The molecule has 0 radical (unpaired) electrons. The molecule has 2 rings (SSSR count). The zero-order valence-corrected chi connectivity index (χ0v) is 12.1. The second-order valence-electron chi connectivity index (χ2n) is 5.10. The third-order valence-corrected chi connectivity index (χ3v) is 3.53. The Bertz CT molecular complexity index is 501. The fourth-order valence-corrected chi connectivity index (χ4v) is 2.27. The van der Waals surface area contributed by atoms with Gasteiger partial charge in [-0.2, -0.15) is 0 Å². The van der Waals surface area contributed by atoms with E-state index in [1.54, 1.807) is 19.2 Å². The van der Waals surface area contributed by atoms with Gasteiger partial charge in [-0.05, 0) is 30.5 Å². The standard InChI is InChI=1S/C15H21N3O3/c1-17-14(19)8-10-2-4-11(5-3-10)18-15(20)13-7-6-12(9-16)21-13/h2-5,12-13H,6-9,16H2,1H3,(H,17,19)(H,18,20). The third-order valence-electron chi connectivity index (χ3n) is 3.53. The van der Waals surface area contributed by atoms with Crippen LogP contribution in [0.1, 0.15) is 18.4 Å². The summed E-state index contributed by atoms with van der Waals surface area (Å²) in [6.07, 6.45) is 1.40. The molecule has 2 atom stereocenters. The maximum absolute atomic E-state index is 12.0. The highest BCUT2D eigenvalue weighted by Gasteiger charge is 2.29. The highest BCUT2D eigenvalue weighted by atomic mass is 16.5. The van der Waals surface area contributed by atoms with Crippen LogP contribution in [0.15, 0.2) is 24.3 Å². The SMILES string of the molecule is CNC(=O)Cc1ccc(NC(=O)C2CCC(CN)O2)cc1. The van der Waals surface area contributed by atoms with E-state index in [9.17, 15) is 9.59 Å². The number of rotatable bonds is 5. The second-order valence-corrected chi connectivity index (χ2v) is 5.10. The molecule has 0 bridgehead atoms. The van der Waals surface area contributed by atoms with Crippen molar-refractivity contribution in [3.05, 3.63) is 29.8 Å². The molecule has 1 heterocycles. The zero-order chi connectivity index (χ0) is 15.2. The summed E-state index contributed by atoms with van der Waals surface area (Å²) in [5.41, 5.74) is 7.12. The van der Waals surface area contributed by atoms with Gasteiger partial charge in [0.25, 0.3) is 5.91 Å². The van der Waals surface area contributed by atoms with Gasteiger partial charge in [0, 0.05) is 19.3 Å². The summed E-state index contributed by atoms with van der Waals surface area (Å²) in [7, 11) is 1.60. The minimum absolute atomic E-state index is 0.0179. The Hall–Kier alpha value is -1.92. The van der Waals surface area contributed by atoms with Crippen molar-refractivity contribution in [1.82, 2.24) is 5.32 Å². The quantitative estimate of drug-likeness (QED) is 0.733. The van der Waals surface area contributed by atoms with Crippen molar-refractivity contribution in [2.24, 2.45) is 5.73 Å². The van der Waals surface area contributed by atoms with Crippen LogP contribution in [-0.2, 0) is 20.7 Å². The summed E-state index contributed by atoms with van der Waals surface area (Å²) >= 11 is 0. The lowest BCUT2D eigenvalue weighted by Crippen LogP contribution is -2.29. The molecule has 1 aliphatic rings. The Labute approximate surface area is 124 Å². The highest BCUT2D eigenvalue weighted by molar-refractivity contribution is 5.94. The van der Waals surface area contributed by atoms with Crippen molar-refractivity contribution in [2.45, 2.75) is 31.5 Å². The van der Waals surface area contributed by atoms with E-state index in [2.05, 4.69) is 10.6 Å². The lowest BCUT2D eigenvalue weighted by atomic mass is 10.1. The van der Waals surface area contributed by atoms with Gasteiger partial charge in [0.1, 0.15) is 6.10 Å². The van der Waals surface area contributed by atoms with Gasteiger partial charge in [-0.1, -0.05) is 12.1 Å². The van der Waals surface area contributed by atoms with Crippen molar-refractivity contribution < 1.29 is 14.3 Å².